The summed E-state index contributed by atoms with van der Waals surface area (Å²) in [5.41, 5.74) is -0.252. The first kappa shape index (κ1) is 15.2. The average molecular weight is 271 g/mol. The Hall–Kier alpha value is -1.86. The van der Waals surface area contributed by atoms with Crippen molar-refractivity contribution in [3.8, 4) is 5.75 Å². The Bertz CT molecular complexity index is 448. The molecule has 2 atom stereocenters. The molecule has 19 heavy (non-hydrogen) atoms. The molecule has 0 amide bonds. The van der Waals surface area contributed by atoms with E-state index in [4.69, 9.17) is 9.47 Å². The molecule has 0 spiro atoms. The van der Waals surface area contributed by atoms with Crippen molar-refractivity contribution in [1.82, 2.24) is 0 Å². The van der Waals surface area contributed by atoms with Gasteiger partial charge in [0.15, 0.2) is 24.2 Å². The normalized spacial score (nSPS) is 14.0. The van der Waals surface area contributed by atoms with Crippen molar-refractivity contribution >= 4 is 5.97 Å². The number of carbonyl (C=O) groups is 1. The average Bonchev–Trinajstić information content (AvgIpc) is 2.35. The molecule has 0 unspecified atom stereocenters. The second kappa shape index (κ2) is 6.35. The number of pyridine rings is 1. The Labute approximate surface area is 110 Å². The van der Waals surface area contributed by atoms with E-state index in [2.05, 4.69) is 0 Å². The van der Waals surface area contributed by atoms with Crippen molar-refractivity contribution in [2.75, 3.05) is 7.11 Å². The van der Waals surface area contributed by atoms with Crippen LogP contribution in [-0.2, 0) is 9.53 Å². The Morgan fingerprint density at radius 2 is 2.05 bits per heavy atom. The van der Waals surface area contributed by atoms with Crippen molar-refractivity contribution in [2.24, 2.45) is 0 Å². The molecule has 1 heterocycles. The molecule has 1 aromatic heterocycles. The van der Waals surface area contributed by atoms with Crippen molar-refractivity contribution in [3.05, 3.63) is 29.2 Å². The van der Waals surface area contributed by atoms with Crippen LogP contribution in [-0.4, -0.2) is 35.5 Å². The van der Waals surface area contributed by atoms with Crippen LogP contribution in [0.3, 0.4) is 0 Å². The number of aliphatic hydroxyl groups excluding tert-OH is 2. The highest BCUT2D eigenvalue weighted by atomic mass is 16.6. The SMILES string of the molecule is COc1ccc[n+]([O-])c1[C@H](O)[C@@H](O)C(=O)OC(C)C. The Kier molecular flexibility index (Phi) is 5.08. The minimum atomic E-state index is -1.86. The fourth-order valence-electron chi connectivity index (χ4n) is 1.51. The predicted octanol–water partition coefficient (Wildman–Crippen LogP) is -0.326. The molecule has 0 saturated heterocycles. The topological polar surface area (TPSA) is 103 Å². The summed E-state index contributed by atoms with van der Waals surface area (Å²) in [6.07, 6.45) is -2.91. The summed E-state index contributed by atoms with van der Waals surface area (Å²) < 4.78 is 10.0. The number of aromatic nitrogens is 1. The first-order valence-electron chi connectivity index (χ1n) is 5.71. The molecule has 0 fully saturated rings. The lowest BCUT2D eigenvalue weighted by Crippen LogP contribution is -2.40. The molecule has 0 bridgehead atoms. The summed E-state index contributed by atoms with van der Waals surface area (Å²) >= 11 is 0. The molecule has 7 nitrogen and oxygen atoms in total. The second-order valence-corrected chi connectivity index (χ2v) is 4.16. The first-order valence-corrected chi connectivity index (χ1v) is 5.71. The van der Waals surface area contributed by atoms with Crippen LogP contribution in [0.2, 0.25) is 0 Å². The van der Waals surface area contributed by atoms with Gasteiger partial charge in [-0.1, -0.05) is 0 Å². The van der Waals surface area contributed by atoms with Gasteiger partial charge in [0.25, 0.3) is 5.69 Å². The maximum atomic E-state index is 11.6. The van der Waals surface area contributed by atoms with E-state index in [-0.39, 0.29) is 11.4 Å². The molecule has 2 N–H and O–H groups in total. The Balaban J connectivity index is 2.99. The van der Waals surface area contributed by atoms with Gasteiger partial charge in [-0.15, -0.1) is 0 Å². The third-order valence-corrected chi connectivity index (χ3v) is 2.35. The van der Waals surface area contributed by atoms with E-state index in [1.54, 1.807) is 13.8 Å². The van der Waals surface area contributed by atoms with Crippen LogP contribution in [0.5, 0.6) is 5.75 Å². The number of carbonyl (C=O) groups excluding carboxylic acids is 1. The zero-order chi connectivity index (χ0) is 14.6. The number of ether oxygens (including phenoxy) is 2. The van der Waals surface area contributed by atoms with E-state index >= 15 is 0 Å². The van der Waals surface area contributed by atoms with Crippen molar-refractivity contribution < 1.29 is 29.2 Å². The smallest absolute Gasteiger partial charge is 0.338 e. The highest BCUT2D eigenvalue weighted by molar-refractivity contribution is 5.75. The fourth-order valence-corrected chi connectivity index (χ4v) is 1.51. The molecular formula is C12H17NO6. The molecule has 1 aromatic rings. The summed E-state index contributed by atoms with van der Waals surface area (Å²) in [6, 6.07) is 2.86. The maximum Gasteiger partial charge on any atom is 0.338 e. The van der Waals surface area contributed by atoms with Crippen molar-refractivity contribution in [1.29, 1.82) is 0 Å². The van der Waals surface area contributed by atoms with Gasteiger partial charge in [0.2, 0.25) is 0 Å². The summed E-state index contributed by atoms with van der Waals surface area (Å²) in [5, 5.41) is 31.2. The van der Waals surface area contributed by atoms with Crippen LogP contribution in [0, 0.1) is 5.21 Å². The highest BCUT2D eigenvalue weighted by Gasteiger charge is 2.35. The van der Waals surface area contributed by atoms with Crippen LogP contribution in [0.15, 0.2) is 18.3 Å². The second-order valence-electron chi connectivity index (χ2n) is 4.16. The van der Waals surface area contributed by atoms with E-state index in [1.807, 2.05) is 0 Å². The van der Waals surface area contributed by atoms with Crippen LogP contribution in [0.25, 0.3) is 0 Å². The van der Waals surface area contributed by atoms with Gasteiger partial charge in [0.1, 0.15) is 0 Å². The molecule has 0 aliphatic carbocycles. The van der Waals surface area contributed by atoms with Gasteiger partial charge < -0.3 is 24.9 Å². The maximum absolute atomic E-state index is 11.6. The number of esters is 1. The van der Waals surface area contributed by atoms with E-state index in [0.29, 0.717) is 4.73 Å². The van der Waals surface area contributed by atoms with Crippen LogP contribution < -0.4 is 9.47 Å². The third kappa shape index (κ3) is 3.55. The minimum Gasteiger partial charge on any atom is -0.618 e. The largest absolute Gasteiger partial charge is 0.618 e. The van der Waals surface area contributed by atoms with Crippen molar-refractivity contribution in [3.63, 3.8) is 0 Å². The molecule has 0 radical (unpaired) electrons. The van der Waals surface area contributed by atoms with E-state index < -0.39 is 24.3 Å². The number of methoxy groups -OCH3 is 1. The van der Waals surface area contributed by atoms with Gasteiger partial charge >= 0.3 is 5.97 Å². The number of hydrogen-bond donors (Lipinski definition) is 2. The predicted molar refractivity (Wildman–Crippen MR) is 64.1 cm³/mol. The number of aliphatic hydroxyl groups is 2. The lowest BCUT2D eigenvalue weighted by atomic mass is 10.1. The van der Waals surface area contributed by atoms with Gasteiger partial charge in [-0.3, -0.25) is 0 Å². The molecule has 0 aliphatic rings. The van der Waals surface area contributed by atoms with Crippen LogP contribution in [0.1, 0.15) is 25.6 Å². The lowest BCUT2D eigenvalue weighted by molar-refractivity contribution is -0.619. The van der Waals surface area contributed by atoms with E-state index in [0.717, 1.165) is 6.20 Å². The standard InChI is InChI=1S/C12H17NO6/c1-7(2)19-12(16)11(15)10(14)9-8(18-3)5-4-6-13(9)17/h4-7,10-11,14-15H,1-3H3/t10-,11+/m0/s1. The number of rotatable bonds is 5. The van der Waals surface area contributed by atoms with Gasteiger partial charge in [-0.2, -0.15) is 4.73 Å². The quantitative estimate of drug-likeness (QED) is 0.432. The minimum absolute atomic E-state index is 0.0707. The lowest BCUT2D eigenvalue weighted by Gasteiger charge is -2.18. The zero-order valence-corrected chi connectivity index (χ0v) is 10.9. The summed E-state index contributed by atoms with van der Waals surface area (Å²) in [5.74, 6) is -0.935. The summed E-state index contributed by atoms with van der Waals surface area (Å²) in [4.78, 5) is 11.5. The van der Waals surface area contributed by atoms with Gasteiger partial charge in [0.05, 0.1) is 13.2 Å². The van der Waals surface area contributed by atoms with Gasteiger partial charge in [-0.05, 0) is 19.9 Å². The molecule has 106 valence electrons. The molecule has 1 rings (SSSR count). The van der Waals surface area contributed by atoms with Gasteiger partial charge in [0, 0.05) is 6.07 Å². The molecule has 0 aliphatic heterocycles. The molecular weight excluding hydrogens is 254 g/mol. The first-order chi connectivity index (χ1) is 8.88. The summed E-state index contributed by atoms with van der Waals surface area (Å²) in [6.45, 7) is 3.21. The Morgan fingerprint density at radius 3 is 2.58 bits per heavy atom. The summed E-state index contributed by atoms with van der Waals surface area (Å²) in [7, 11) is 1.31. The van der Waals surface area contributed by atoms with Crippen LogP contribution >= 0.6 is 0 Å². The molecule has 0 saturated carbocycles. The zero-order valence-electron chi connectivity index (χ0n) is 10.9. The van der Waals surface area contributed by atoms with Gasteiger partial charge in [-0.25, -0.2) is 4.79 Å². The number of hydrogen-bond acceptors (Lipinski definition) is 6. The highest BCUT2D eigenvalue weighted by Crippen LogP contribution is 2.24. The monoisotopic (exact) mass is 271 g/mol. The van der Waals surface area contributed by atoms with Crippen molar-refractivity contribution in [2.45, 2.75) is 32.2 Å². The Morgan fingerprint density at radius 1 is 1.42 bits per heavy atom. The third-order valence-electron chi connectivity index (χ3n) is 2.35. The van der Waals surface area contributed by atoms with E-state index in [9.17, 15) is 20.2 Å². The number of nitrogens with zero attached hydrogens (tertiary/aromatic N) is 1. The van der Waals surface area contributed by atoms with E-state index in [1.165, 1.54) is 19.2 Å². The molecule has 7 heteroatoms. The fraction of sp³-hybridized carbons (Fsp3) is 0.500. The molecule has 0 aromatic carbocycles. The van der Waals surface area contributed by atoms with Crippen LogP contribution in [0.4, 0.5) is 0 Å².